The van der Waals surface area contributed by atoms with Crippen LogP contribution in [0.15, 0.2) is 36.0 Å². The summed E-state index contributed by atoms with van der Waals surface area (Å²) in [5, 5.41) is 8.83. The van der Waals surface area contributed by atoms with Crippen molar-refractivity contribution in [3.63, 3.8) is 0 Å². The van der Waals surface area contributed by atoms with Crippen molar-refractivity contribution >= 4 is 11.9 Å². The summed E-state index contributed by atoms with van der Waals surface area (Å²) in [5.74, 6) is 5.67. The van der Waals surface area contributed by atoms with Crippen LogP contribution in [0.5, 0.6) is 0 Å². The van der Waals surface area contributed by atoms with Crippen LogP contribution in [0.25, 0.3) is 0 Å². The van der Waals surface area contributed by atoms with E-state index in [-0.39, 0.29) is 17.5 Å². The highest BCUT2D eigenvalue weighted by atomic mass is 16.4. The third kappa shape index (κ3) is 6.15. The molecule has 1 atom stereocenters. The average molecular weight is 315 g/mol. The van der Waals surface area contributed by atoms with E-state index < -0.39 is 5.97 Å². The van der Waals surface area contributed by atoms with E-state index in [1.807, 2.05) is 18.7 Å². The van der Waals surface area contributed by atoms with E-state index in [2.05, 4.69) is 18.4 Å². The maximum absolute atomic E-state index is 12.2. The van der Waals surface area contributed by atoms with Gasteiger partial charge in [-0.15, -0.1) is 0 Å². The highest BCUT2D eigenvalue weighted by molar-refractivity contribution is 5.86. The molecule has 124 valence electrons. The molecule has 1 unspecified atom stereocenters. The van der Waals surface area contributed by atoms with E-state index >= 15 is 0 Å². The number of carboxylic acid groups (broad SMARTS) is 1. The second kappa shape index (κ2) is 8.99. The largest absolute Gasteiger partial charge is 0.478 e. The summed E-state index contributed by atoms with van der Waals surface area (Å²) in [4.78, 5) is 24.8. The van der Waals surface area contributed by atoms with Gasteiger partial charge in [-0.3, -0.25) is 4.79 Å². The summed E-state index contributed by atoms with van der Waals surface area (Å²) in [6.07, 6.45) is 7.12. The molecule has 0 saturated carbocycles. The Morgan fingerprint density at radius 1 is 1.39 bits per heavy atom. The molecular formula is C19H25NO3. The molecule has 1 saturated heterocycles. The van der Waals surface area contributed by atoms with Crippen molar-refractivity contribution in [2.75, 3.05) is 6.54 Å². The smallest absolute Gasteiger partial charge is 0.331 e. The Hall–Kier alpha value is -2.28. The second-order valence-corrected chi connectivity index (χ2v) is 6.09. The molecule has 1 aliphatic rings. The molecule has 0 aromatic carbocycles. The molecule has 0 aromatic heterocycles. The highest BCUT2D eigenvalue weighted by Crippen LogP contribution is 2.19. The number of nitrogens with zero attached hydrogens (tertiary/aromatic N) is 1. The van der Waals surface area contributed by atoms with E-state index in [0.29, 0.717) is 17.9 Å². The Bertz CT molecular complexity index is 587. The number of amides is 1. The van der Waals surface area contributed by atoms with Gasteiger partial charge in [0, 0.05) is 24.1 Å². The molecule has 0 radical (unpaired) electrons. The van der Waals surface area contributed by atoms with E-state index in [4.69, 9.17) is 5.11 Å². The minimum Gasteiger partial charge on any atom is -0.478 e. The fourth-order valence-corrected chi connectivity index (χ4v) is 2.30. The molecule has 0 bridgehead atoms. The maximum Gasteiger partial charge on any atom is 0.331 e. The zero-order valence-electron chi connectivity index (χ0n) is 14.1. The lowest BCUT2D eigenvalue weighted by Gasteiger charge is -2.21. The van der Waals surface area contributed by atoms with E-state index in [9.17, 15) is 9.59 Å². The van der Waals surface area contributed by atoms with Crippen LogP contribution in [0.1, 0.15) is 40.0 Å². The summed E-state index contributed by atoms with van der Waals surface area (Å²) in [7, 11) is 0. The first kappa shape index (κ1) is 18.8. The first-order chi connectivity index (χ1) is 10.8. The molecule has 23 heavy (non-hydrogen) atoms. The topological polar surface area (TPSA) is 57.6 Å². The van der Waals surface area contributed by atoms with Gasteiger partial charge in [-0.2, -0.15) is 0 Å². The third-order valence-electron chi connectivity index (χ3n) is 3.61. The number of hydrogen-bond acceptors (Lipinski definition) is 2. The van der Waals surface area contributed by atoms with Crippen molar-refractivity contribution in [3.8, 4) is 11.8 Å². The molecule has 0 aromatic rings. The molecule has 1 N–H and O–H groups in total. The van der Waals surface area contributed by atoms with Gasteiger partial charge in [-0.1, -0.05) is 44.4 Å². The van der Waals surface area contributed by atoms with Crippen LogP contribution in [0.2, 0.25) is 0 Å². The van der Waals surface area contributed by atoms with E-state index in [1.54, 1.807) is 12.2 Å². The van der Waals surface area contributed by atoms with Crippen LogP contribution in [0.4, 0.5) is 0 Å². The molecule has 1 amide bonds. The van der Waals surface area contributed by atoms with Crippen molar-refractivity contribution in [2.45, 2.75) is 46.1 Å². The van der Waals surface area contributed by atoms with Crippen molar-refractivity contribution in [1.82, 2.24) is 4.90 Å². The second-order valence-electron chi connectivity index (χ2n) is 6.09. The molecule has 4 nitrogen and oxygen atoms in total. The van der Waals surface area contributed by atoms with Crippen LogP contribution in [-0.2, 0) is 9.59 Å². The fraction of sp³-hybridized carbons (Fsp3) is 0.474. The predicted molar refractivity (Wildman–Crippen MR) is 91.6 cm³/mol. The van der Waals surface area contributed by atoms with Gasteiger partial charge in [-0.05, 0) is 31.8 Å². The van der Waals surface area contributed by atoms with Gasteiger partial charge in [0.15, 0.2) is 0 Å². The maximum atomic E-state index is 12.2. The number of aliphatic carboxylic acids is 1. The van der Waals surface area contributed by atoms with Gasteiger partial charge >= 0.3 is 5.97 Å². The first-order valence-corrected chi connectivity index (χ1v) is 7.90. The molecular weight excluding hydrogens is 290 g/mol. The van der Waals surface area contributed by atoms with Crippen molar-refractivity contribution in [1.29, 1.82) is 0 Å². The van der Waals surface area contributed by atoms with Crippen molar-refractivity contribution in [3.05, 3.63) is 36.0 Å². The normalized spacial score (nSPS) is 18.6. The number of hydrogen-bond donors (Lipinski definition) is 1. The number of carbonyl (C=O) groups is 2. The summed E-state index contributed by atoms with van der Waals surface area (Å²) in [6, 6.07) is -0.0610. The van der Waals surface area contributed by atoms with Gasteiger partial charge in [0.2, 0.25) is 5.91 Å². The SMILES string of the molecule is C=C/C(C#CC1CCCN1C(=O)CC(C)C)=C\C=C(/C)C(=O)O. The first-order valence-electron chi connectivity index (χ1n) is 7.90. The van der Waals surface area contributed by atoms with Gasteiger partial charge in [0.25, 0.3) is 0 Å². The van der Waals surface area contributed by atoms with Crippen LogP contribution in [0.3, 0.4) is 0 Å². The Morgan fingerprint density at radius 3 is 2.65 bits per heavy atom. The van der Waals surface area contributed by atoms with E-state index in [0.717, 1.165) is 19.4 Å². The van der Waals surface area contributed by atoms with Crippen LogP contribution in [0, 0.1) is 17.8 Å². The van der Waals surface area contributed by atoms with Gasteiger partial charge < -0.3 is 10.0 Å². The Labute approximate surface area is 138 Å². The average Bonchev–Trinajstić information content (AvgIpc) is 2.94. The van der Waals surface area contributed by atoms with Gasteiger partial charge in [0.05, 0.1) is 6.04 Å². The fourth-order valence-electron chi connectivity index (χ4n) is 2.30. The number of carboxylic acids is 1. The number of allylic oxidation sites excluding steroid dienone is 4. The molecule has 1 fully saturated rings. The van der Waals surface area contributed by atoms with Crippen LogP contribution < -0.4 is 0 Å². The van der Waals surface area contributed by atoms with Crippen LogP contribution >= 0.6 is 0 Å². The molecule has 1 aliphatic heterocycles. The lowest BCUT2D eigenvalue weighted by molar-refractivity contribution is -0.133. The van der Waals surface area contributed by atoms with Gasteiger partial charge in [-0.25, -0.2) is 4.79 Å². The number of likely N-dealkylation sites (tertiary alicyclic amines) is 1. The standard InChI is InChI=1S/C19H25NO3/c1-5-16(9-8-15(4)19(22)23)10-11-17-7-6-12-20(17)18(21)13-14(2)3/h5,8-9,14,17H,1,6-7,12-13H2,2-4H3,(H,22,23)/b15-8+,16-9+. The molecule has 1 heterocycles. The molecule has 1 rings (SSSR count). The van der Waals surface area contributed by atoms with E-state index in [1.165, 1.54) is 13.0 Å². The highest BCUT2D eigenvalue weighted by Gasteiger charge is 2.27. The summed E-state index contributed by atoms with van der Waals surface area (Å²) in [6.45, 7) is 10.0. The lowest BCUT2D eigenvalue weighted by Crippen LogP contribution is -2.35. The Kier molecular flexibility index (Phi) is 7.34. The summed E-state index contributed by atoms with van der Waals surface area (Å²) < 4.78 is 0. The lowest BCUT2D eigenvalue weighted by atomic mass is 10.1. The zero-order valence-corrected chi connectivity index (χ0v) is 14.1. The third-order valence-corrected chi connectivity index (χ3v) is 3.61. The summed E-state index contributed by atoms with van der Waals surface area (Å²) >= 11 is 0. The minimum atomic E-state index is -0.959. The number of rotatable bonds is 5. The van der Waals surface area contributed by atoms with Gasteiger partial charge in [0.1, 0.15) is 0 Å². The minimum absolute atomic E-state index is 0.0610. The van der Waals surface area contributed by atoms with Crippen molar-refractivity contribution < 1.29 is 14.7 Å². The van der Waals surface area contributed by atoms with Crippen LogP contribution in [-0.4, -0.2) is 34.5 Å². The Morgan fingerprint density at radius 2 is 2.09 bits per heavy atom. The van der Waals surface area contributed by atoms with Crippen molar-refractivity contribution in [2.24, 2.45) is 5.92 Å². The number of carbonyl (C=O) groups excluding carboxylic acids is 1. The monoisotopic (exact) mass is 315 g/mol. The zero-order chi connectivity index (χ0) is 17.4. The molecule has 0 aliphatic carbocycles. The molecule has 4 heteroatoms. The quantitative estimate of drug-likeness (QED) is 0.481. The summed E-state index contributed by atoms with van der Waals surface area (Å²) in [5.41, 5.74) is 0.884. The predicted octanol–water partition coefficient (Wildman–Crippen LogP) is 3.17. The Balaban J connectivity index is 2.84. The molecule has 0 spiro atoms.